The molecule has 13 heteroatoms. The Morgan fingerprint density at radius 1 is 1.09 bits per heavy atom. The van der Waals surface area contributed by atoms with E-state index in [1.807, 2.05) is 19.1 Å². The summed E-state index contributed by atoms with van der Waals surface area (Å²) >= 11 is 3.39. The van der Waals surface area contributed by atoms with E-state index >= 15 is 0 Å². The van der Waals surface area contributed by atoms with E-state index in [-0.39, 0.29) is 67.1 Å². The molecule has 2 unspecified atom stereocenters. The second kappa shape index (κ2) is 18.4. The number of esters is 1. The topological polar surface area (TPSA) is 177 Å². The summed E-state index contributed by atoms with van der Waals surface area (Å²) in [4.78, 5) is 77.0. The van der Waals surface area contributed by atoms with Gasteiger partial charge in [-0.15, -0.1) is 0 Å². The lowest BCUT2D eigenvalue weighted by molar-refractivity contribution is -0.151. The fraction of sp³-hybridized carbons (Fsp3) is 0.613. The molecule has 5 amide bonds. The molecule has 0 aliphatic carbocycles. The van der Waals surface area contributed by atoms with Gasteiger partial charge in [0.25, 0.3) is 0 Å². The van der Waals surface area contributed by atoms with Crippen LogP contribution in [0.3, 0.4) is 0 Å². The Bertz CT molecular complexity index is 1160. The molecule has 1 aliphatic rings. The van der Waals surface area contributed by atoms with Crippen molar-refractivity contribution in [2.24, 2.45) is 29.4 Å². The lowest BCUT2D eigenvalue weighted by Crippen LogP contribution is -2.47. The minimum atomic E-state index is -0.842. The van der Waals surface area contributed by atoms with Crippen molar-refractivity contribution in [3.05, 3.63) is 29.8 Å². The minimum Gasteiger partial charge on any atom is -0.469 e. The number of nitrogens with zero attached hydrogens (tertiary/aromatic N) is 1. The number of ketones is 1. The van der Waals surface area contributed by atoms with E-state index in [9.17, 15) is 28.8 Å². The highest BCUT2D eigenvalue weighted by Crippen LogP contribution is 2.25. The number of amides is 5. The quantitative estimate of drug-likeness (QED) is 0.118. The number of methoxy groups -OCH3 is 1. The molecular formula is C31H46BrN5O7. The average molecular weight is 681 g/mol. The number of ether oxygens (including phenoxy) is 1. The Kier molecular flexibility index (Phi) is 15.3. The Hall–Kier alpha value is -3.48. The third kappa shape index (κ3) is 11.9. The number of piperidine rings is 1. The zero-order valence-electron chi connectivity index (χ0n) is 26.0. The van der Waals surface area contributed by atoms with E-state index in [1.54, 1.807) is 30.9 Å². The van der Waals surface area contributed by atoms with Crippen LogP contribution in [-0.2, 0) is 34.0 Å². The maximum Gasteiger partial charge on any atom is 0.312 e. The van der Waals surface area contributed by atoms with E-state index < -0.39 is 23.9 Å². The molecule has 1 fully saturated rings. The van der Waals surface area contributed by atoms with E-state index in [2.05, 4.69) is 31.9 Å². The van der Waals surface area contributed by atoms with E-state index in [0.717, 1.165) is 5.56 Å². The number of hydrogen-bond donors (Lipinski definition) is 4. The number of likely N-dealkylation sites (tertiary alicyclic amines) is 1. The second-order valence-corrected chi connectivity index (χ2v) is 12.2. The predicted octanol–water partition coefficient (Wildman–Crippen LogP) is 3.12. The van der Waals surface area contributed by atoms with Gasteiger partial charge in [0.2, 0.25) is 17.7 Å². The smallest absolute Gasteiger partial charge is 0.312 e. The summed E-state index contributed by atoms with van der Waals surface area (Å²) in [6.07, 6.45) is 1.02. The zero-order valence-corrected chi connectivity index (χ0v) is 27.6. The summed E-state index contributed by atoms with van der Waals surface area (Å²) in [5.74, 6) is -2.80. The van der Waals surface area contributed by atoms with Crippen molar-refractivity contribution in [3.8, 4) is 0 Å². The van der Waals surface area contributed by atoms with Crippen LogP contribution in [0.2, 0.25) is 0 Å². The molecule has 1 heterocycles. The number of anilines is 1. The molecule has 1 aromatic carbocycles. The van der Waals surface area contributed by atoms with Crippen LogP contribution in [0.15, 0.2) is 24.3 Å². The van der Waals surface area contributed by atoms with Crippen LogP contribution in [-0.4, -0.2) is 73.2 Å². The Balaban J connectivity index is 1.98. The highest BCUT2D eigenvalue weighted by atomic mass is 79.9. The summed E-state index contributed by atoms with van der Waals surface area (Å²) in [5.41, 5.74) is 6.78. The van der Waals surface area contributed by atoms with Crippen LogP contribution in [0, 0.1) is 23.7 Å². The standard InChI is InChI=1S/C31H46BrN5O7/c1-19(2)28(36-26(39)11-12-27(40)37-15-13-24(20(3)18-37)30(42)44-4)25(38)16-22(6-5-14-34-31(33)43)29(41)35-23-9-7-21(17-32)8-10-23/h7-10,19-20,22,24,28H,5-6,11-18H2,1-4H3,(H,35,41)(H,36,39)(H3,33,34,43)/t20?,22-,24?,28+/m1/s1. The summed E-state index contributed by atoms with van der Waals surface area (Å²) in [5, 5.41) is 8.80. The Labute approximate surface area is 267 Å². The molecule has 1 aliphatic heterocycles. The summed E-state index contributed by atoms with van der Waals surface area (Å²) in [6, 6.07) is 5.80. The van der Waals surface area contributed by atoms with E-state index in [0.29, 0.717) is 43.4 Å². The van der Waals surface area contributed by atoms with Gasteiger partial charge in [0.05, 0.1) is 19.1 Å². The van der Waals surface area contributed by atoms with Gasteiger partial charge in [0.15, 0.2) is 5.78 Å². The van der Waals surface area contributed by atoms with Crippen LogP contribution >= 0.6 is 15.9 Å². The molecule has 1 saturated heterocycles. The first-order valence-corrected chi connectivity index (χ1v) is 16.1. The molecule has 12 nitrogen and oxygen atoms in total. The second-order valence-electron chi connectivity index (χ2n) is 11.6. The summed E-state index contributed by atoms with van der Waals surface area (Å²) in [7, 11) is 1.35. The van der Waals surface area contributed by atoms with Crippen molar-refractivity contribution in [2.75, 3.05) is 32.1 Å². The first kappa shape index (κ1) is 36.7. The normalized spacial score (nSPS) is 17.7. The number of urea groups is 1. The average Bonchev–Trinajstić information content (AvgIpc) is 2.99. The predicted molar refractivity (Wildman–Crippen MR) is 170 cm³/mol. The molecule has 2 rings (SSSR count). The van der Waals surface area contributed by atoms with Crippen molar-refractivity contribution in [2.45, 2.75) is 70.7 Å². The molecule has 0 bridgehead atoms. The molecule has 44 heavy (non-hydrogen) atoms. The Morgan fingerprint density at radius 2 is 1.77 bits per heavy atom. The number of rotatable bonds is 16. The van der Waals surface area contributed by atoms with Gasteiger partial charge in [-0.05, 0) is 48.8 Å². The number of halogens is 1. The first-order valence-electron chi connectivity index (χ1n) is 15.0. The number of carbonyl (C=O) groups is 6. The highest BCUT2D eigenvalue weighted by Gasteiger charge is 2.34. The van der Waals surface area contributed by atoms with Crippen molar-refractivity contribution < 1.29 is 33.5 Å². The van der Waals surface area contributed by atoms with Crippen LogP contribution < -0.4 is 21.7 Å². The molecule has 0 radical (unpaired) electrons. The third-order valence-electron chi connectivity index (χ3n) is 7.88. The zero-order chi connectivity index (χ0) is 32.8. The summed E-state index contributed by atoms with van der Waals surface area (Å²) < 4.78 is 4.85. The maximum atomic E-state index is 13.4. The number of alkyl halides is 1. The number of nitrogens with one attached hydrogen (secondary N) is 3. The van der Waals surface area contributed by atoms with Crippen LogP contribution in [0.1, 0.15) is 64.9 Å². The molecule has 0 saturated carbocycles. The minimum absolute atomic E-state index is 0.0216. The van der Waals surface area contributed by atoms with Gasteiger partial charge in [-0.1, -0.05) is 48.8 Å². The van der Waals surface area contributed by atoms with Crippen molar-refractivity contribution in [3.63, 3.8) is 0 Å². The number of nitrogens with two attached hydrogens (primary N) is 1. The lowest BCUT2D eigenvalue weighted by atomic mass is 9.87. The van der Waals surface area contributed by atoms with Gasteiger partial charge in [-0.3, -0.25) is 24.0 Å². The lowest BCUT2D eigenvalue weighted by Gasteiger charge is -2.35. The van der Waals surface area contributed by atoms with E-state index in [4.69, 9.17) is 10.5 Å². The number of benzene rings is 1. The highest BCUT2D eigenvalue weighted by molar-refractivity contribution is 9.08. The number of carbonyl (C=O) groups excluding carboxylic acids is 6. The van der Waals surface area contributed by atoms with Crippen molar-refractivity contribution >= 4 is 57.1 Å². The van der Waals surface area contributed by atoms with Gasteiger partial charge in [-0.25, -0.2) is 4.79 Å². The number of hydrogen-bond acceptors (Lipinski definition) is 7. The van der Waals surface area contributed by atoms with Crippen molar-refractivity contribution in [1.29, 1.82) is 0 Å². The maximum absolute atomic E-state index is 13.4. The van der Waals surface area contributed by atoms with Crippen LogP contribution in [0.5, 0.6) is 0 Å². The van der Waals surface area contributed by atoms with Crippen LogP contribution in [0.25, 0.3) is 0 Å². The van der Waals surface area contributed by atoms with Gasteiger partial charge in [0.1, 0.15) is 0 Å². The molecule has 5 N–H and O–H groups in total. The Morgan fingerprint density at radius 3 is 2.34 bits per heavy atom. The molecule has 4 atom stereocenters. The fourth-order valence-corrected chi connectivity index (χ4v) is 5.67. The number of primary amides is 1. The van der Waals surface area contributed by atoms with Crippen LogP contribution in [0.4, 0.5) is 10.5 Å². The first-order chi connectivity index (χ1) is 20.9. The monoisotopic (exact) mass is 679 g/mol. The van der Waals surface area contributed by atoms with E-state index in [1.165, 1.54) is 7.11 Å². The third-order valence-corrected chi connectivity index (χ3v) is 8.53. The summed E-state index contributed by atoms with van der Waals surface area (Å²) in [6.45, 7) is 6.58. The molecule has 244 valence electrons. The number of Topliss-reactive ketones (excluding diaryl/α,β-unsaturated/α-hetero) is 1. The van der Waals surface area contributed by atoms with Gasteiger partial charge >= 0.3 is 12.0 Å². The van der Waals surface area contributed by atoms with Crippen molar-refractivity contribution in [1.82, 2.24) is 15.5 Å². The SMILES string of the molecule is COC(=O)C1CCN(C(=O)CCC(=O)N[C@H](C(=O)C[C@@H](CCCNC(N)=O)C(=O)Nc2ccc(CBr)cc2)C(C)C)CC1C. The molecule has 0 aromatic heterocycles. The molecule has 0 spiro atoms. The molecular weight excluding hydrogens is 634 g/mol. The van der Waals surface area contributed by atoms with Gasteiger partial charge in [0, 0.05) is 55.8 Å². The largest absolute Gasteiger partial charge is 0.469 e. The fourth-order valence-electron chi connectivity index (χ4n) is 5.29. The van der Waals surface area contributed by atoms with Gasteiger partial charge in [-0.2, -0.15) is 0 Å². The molecule has 1 aromatic rings. The van der Waals surface area contributed by atoms with Gasteiger partial charge < -0.3 is 31.3 Å².